The molecule has 0 radical (unpaired) electrons. The van der Waals surface area contributed by atoms with Crippen molar-refractivity contribution in [3.8, 4) is 0 Å². The quantitative estimate of drug-likeness (QED) is 0.0887. The number of halogens is 1. The second-order valence-electron chi connectivity index (χ2n) is 10.9. The summed E-state index contributed by atoms with van der Waals surface area (Å²) in [6.07, 6.45) is 35.9. The monoisotopic (exact) mass is 490 g/mol. The third-order valence-corrected chi connectivity index (χ3v) is 12.6. The summed E-state index contributed by atoms with van der Waals surface area (Å²) in [6.45, 7) is 12.0. The Morgan fingerprint density at radius 1 is 0.438 bits per heavy atom. The first-order chi connectivity index (χ1) is 15.1. The summed E-state index contributed by atoms with van der Waals surface area (Å²) in [5.41, 5.74) is 0. The molecule has 0 fully saturated rings. The van der Waals surface area contributed by atoms with E-state index in [4.69, 9.17) is 0 Å². The third kappa shape index (κ3) is 21.3. The van der Waals surface area contributed by atoms with Crippen LogP contribution in [-0.2, 0) is 0 Å². The van der Waals surface area contributed by atoms with Crippen LogP contribution in [0.15, 0.2) is 0 Å². The highest BCUT2D eigenvalue weighted by Gasteiger charge is 2.37. The van der Waals surface area contributed by atoms with Gasteiger partial charge in [-0.1, -0.05) is 118 Å². The highest BCUT2D eigenvalue weighted by molar-refractivity contribution is 7.75. The van der Waals surface area contributed by atoms with E-state index in [9.17, 15) is 0 Å². The Labute approximate surface area is 213 Å². The van der Waals surface area contributed by atoms with E-state index in [2.05, 4.69) is 34.6 Å². The minimum atomic E-state index is -0.749. The molecule has 1 atom stereocenters. The predicted octanol–water partition coefficient (Wildman–Crippen LogP) is 8.53. The molecule has 0 spiro atoms. The Morgan fingerprint density at radius 3 is 1.06 bits per heavy atom. The van der Waals surface area contributed by atoms with Gasteiger partial charge in [0.25, 0.3) is 0 Å². The van der Waals surface area contributed by atoms with Crippen molar-refractivity contribution < 1.29 is 12.4 Å². The second kappa shape index (κ2) is 26.3. The molecule has 2 heteroatoms. The van der Waals surface area contributed by atoms with E-state index in [1.54, 1.807) is 43.9 Å². The fourth-order valence-electron chi connectivity index (χ4n) is 5.54. The van der Waals surface area contributed by atoms with Crippen LogP contribution in [0.3, 0.4) is 0 Å². The summed E-state index contributed by atoms with van der Waals surface area (Å²) < 4.78 is 0. The maximum atomic E-state index is 2.59. The molecule has 0 nitrogen and oxygen atoms in total. The minimum absolute atomic E-state index is 0. The van der Waals surface area contributed by atoms with Crippen LogP contribution in [0.5, 0.6) is 0 Å². The van der Waals surface area contributed by atoms with Crippen molar-refractivity contribution in [1.29, 1.82) is 0 Å². The zero-order valence-electron chi connectivity index (χ0n) is 23.4. The Bertz CT molecular complexity index is 303. The Balaban J connectivity index is 0. The lowest BCUT2D eigenvalue weighted by atomic mass is 10.1. The zero-order valence-corrected chi connectivity index (χ0v) is 25.0. The molecular weight excluding hydrogens is 427 g/mol. The lowest BCUT2D eigenvalue weighted by Crippen LogP contribution is -3.00. The molecule has 0 aromatic carbocycles. The van der Waals surface area contributed by atoms with Crippen molar-refractivity contribution >= 4 is 7.26 Å². The zero-order chi connectivity index (χ0) is 23.0. The molecule has 0 rings (SSSR count). The predicted molar refractivity (Wildman–Crippen MR) is 151 cm³/mol. The van der Waals surface area contributed by atoms with Crippen LogP contribution in [0, 0.1) is 5.92 Å². The van der Waals surface area contributed by atoms with E-state index in [0.717, 1.165) is 5.92 Å². The van der Waals surface area contributed by atoms with Gasteiger partial charge in [0.2, 0.25) is 0 Å². The van der Waals surface area contributed by atoms with Gasteiger partial charge in [-0.2, -0.15) is 0 Å². The molecule has 0 saturated heterocycles. The average Bonchev–Trinajstić information content (AvgIpc) is 2.75. The highest BCUT2D eigenvalue weighted by atomic mass is 35.5. The number of unbranched alkanes of at least 4 members (excludes halogenated alkanes) is 15. The van der Waals surface area contributed by atoms with E-state index in [0.29, 0.717) is 0 Å². The standard InChI is InChI=1S/C30H64P.ClH/c1-6-10-13-16-19-22-26-31(29-30(5)25-9-4,27-23-20-17-14-11-7-2)28-24-21-18-15-12-8-3;/h30H,6-29H2,1-5H3;1H/q+1;/p-1. The first-order valence-corrected chi connectivity index (χ1v) is 17.5. The molecule has 0 bridgehead atoms. The number of rotatable bonds is 25. The van der Waals surface area contributed by atoms with Crippen LogP contribution >= 0.6 is 7.26 Å². The molecule has 196 valence electrons. The summed E-state index contributed by atoms with van der Waals surface area (Å²) in [5, 5.41) is 0. The Morgan fingerprint density at radius 2 is 0.750 bits per heavy atom. The molecular formula is C30H64ClP. The van der Waals surface area contributed by atoms with Crippen molar-refractivity contribution in [3.63, 3.8) is 0 Å². The lowest BCUT2D eigenvalue weighted by molar-refractivity contribution is -0.00000726. The third-order valence-electron chi connectivity index (χ3n) is 7.44. The molecule has 0 aliphatic heterocycles. The maximum absolute atomic E-state index is 2.59. The van der Waals surface area contributed by atoms with Gasteiger partial charge in [-0.3, -0.25) is 0 Å². The van der Waals surface area contributed by atoms with E-state index in [1.807, 2.05) is 0 Å². The molecule has 0 N–H and O–H groups in total. The summed E-state index contributed by atoms with van der Waals surface area (Å²) >= 11 is 0. The summed E-state index contributed by atoms with van der Waals surface area (Å²) in [6, 6.07) is 0. The molecule has 32 heavy (non-hydrogen) atoms. The second-order valence-corrected chi connectivity index (χ2v) is 15.3. The largest absolute Gasteiger partial charge is 1.00 e. The molecule has 0 heterocycles. The van der Waals surface area contributed by atoms with Crippen molar-refractivity contribution in [2.75, 3.05) is 24.6 Å². The van der Waals surface area contributed by atoms with E-state index in [1.165, 1.54) is 109 Å². The molecule has 0 saturated carbocycles. The molecule has 0 aliphatic carbocycles. The van der Waals surface area contributed by atoms with Gasteiger partial charge in [-0.25, -0.2) is 0 Å². The molecule has 0 aliphatic rings. The van der Waals surface area contributed by atoms with Gasteiger partial charge in [-0.05, 0) is 50.9 Å². The van der Waals surface area contributed by atoms with E-state index in [-0.39, 0.29) is 12.4 Å². The van der Waals surface area contributed by atoms with Gasteiger partial charge < -0.3 is 12.4 Å². The van der Waals surface area contributed by atoms with Crippen LogP contribution in [0.2, 0.25) is 0 Å². The topological polar surface area (TPSA) is 0 Å². The maximum Gasteiger partial charge on any atom is 0.0619 e. The van der Waals surface area contributed by atoms with Crippen molar-refractivity contribution in [1.82, 2.24) is 0 Å². The minimum Gasteiger partial charge on any atom is -1.00 e. The number of hydrogen-bond donors (Lipinski definition) is 0. The lowest BCUT2D eigenvalue weighted by Gasteiger charge is -2.31. The normalized spacial score (nSPS) is 12.7. The van der Waals surface area contributed by atoms with Gasteiger partial charge >= 0.3 is 0 Å². The van der Waals surface area contributed by atoms with Crippen LogP contribution in [-0.4, -0.2) is 24.6 Å². The summed E-state index contributed by atoms with van der Waals surface area (Å²) in [5.74, 6) is 0.971. The summed E-state index contributed by atoms with van der Waals surface area (Å²) in [7, 11) is -0.749. The first kappa shape index (κ1) is 34.9. The van der Waals surface area contributed by atoms with Crippen LogP contribution in [0.25, 0.3) is 0 Å². The van der Waals surface area contributed by atoms with Gasteiger partial charge in [0.15, 0.2) is 0 Å². The number of hydrogen-bond acceptors (Lipinski definition) is 0. The van der Waals surface area contributed by atoms with Crippen LogP contribution in [0.4, 0.5) is 0 Å². The summed E-state index contributed by atoms with van der Waals surface area (Å²) in [4.78, 5) is 0. The average molecular weight is 491 g/mol. The van der Waals surface area contributed by atoms with Crippen LogP contribution < -0.4 is 12.4 Å². The molecule has 1 unspecified atom stereocenters. The fraction of sp³-hybridized carbons (Fsp3) is 1.00. The van der Waals surface area contributed by atoms with Crippen LogP contribution in [0.1, 0.15) is 163 Å². The van der Waals surface area contributed by atoms with Gasteiger partial charge in [0.05, 0.1) is 24.6 Å². The van der Waals surface area contributed by atoms with E-state index >= 15 is 0 Å². The van der Waals surface area contributed by atoms with Crippen molar-refractivity contribution in [2.45, 2.75) is 163 Å². The fourth-order valence-corrected chi connectivity index (χ4v) is 10.9. The van der Waals surface area contributed by atoms with Gasteiger partial charge in [0, 0.05) is 7.26 Å². The van der Waals surface area contributed by atoms with Crippen molar-refractivity contribution in [3.05, 3.63) is 0 Å². The molecule has 0 aromatic rings. The Hall–Kier alpha value is 0.720. The smallest absolute Gasteiger partial charge is 0.0619 e. The molecule has 0 aromatic heterocycles. The molecule has 0 amide bonds. The van der Waals surface area contributed by atoms with E-state index < -0.39 is 7.26 Å². The van der Waals surface area contributed by atoms with Crippen molar-refractivity contribution in [2.24, 2.45) is 5.92 Å². The Kier molecular flexibility index (Phi) is 28.7. The highest BCUT2D eigenvalue weighted by Crippen LogP contribution is 2.62. The SMILES string of the molecule is CCCCCCCC[P+](CCCCCCCC)(CCCCCCCC)CC(C)CCC.[Cl-]. The van der Waals surface area contributed by atoms with Gasteiger partial charge in [-0.15, -0.1) is 0 Å². The van der Waals surface area contributed by atoms with Gasteiger partial charge in [0.1, 0.15) is 0 Å². The first-order valence-electron chi connectivity index (χ1n) is 15.0.